The molecule has 0 unspecified atom stereocenters. The molecule has 0 aromatic heterocycles. The summed E-state index contributed by atoms with van der Waals surface area (Å²) in [6.45, 7) is 4.93. The Balaban J connectivity index is 0.00000264. The number of ether oxygens (including phenoxy) is 2. The molecule has 0 spiro atoms. The number of amides is 1. The molecule has 1 aromatic rings. The molecule has 1 aliphatic rings. The third-order valence-corrected chi connectivity index (χ3v) is 4.05. The van der Waals surface area contributed by atoms with Gasteiger partial charge in [0, 0.05) is 12.8 Å². The van der Waals surface area contributed by atoms with E-state index in [0.717, 1.165) is 43.8 Å². The van der Waals surface area contributed by atoms with Crippen molar-refractivity contribution in [2.75, 3.05) is 38.7 Å². The van der Waals surface area contributed by atoms with E-state index in [1.807, 2.05) is 24.3 Å². The highest BCUT2D eigenvalue weighted by Gasteiger charge is 2.39. The number of benzene rings is 1. The lowest BCUT2D eigenvalue weighted by molar-refractivity contribution is -0.130. The van der Waals surface area contributed by atoms with Crippen molar-refractivity contribution in [2.45, 2.75) is 26.2 Å². The van der Waals surface area contributed by atoms with E-state index >= 15 is 0 Å². The molecule has 1 aliphatic heterocycles. The Kier molecular flexibility index (Phi) is 8.37. The van der Waals surface area contributed by atoms with Gasteiger partial charge in [0.25, 0.3) is 0 Å². The van der Waals surface area contributed by atoms with Crippen molar-refractivity contribution < 1.29 is 14.3 Å². The molecule has 1 fully saturated rings. The molecule has 1 amide bonds. The molecule has 23 heavy (non-hydrogen) atoms. The minimum absolute atomic E-state index is 0. The zero-order valence-corrected chi connectivity index (χ0v) is 14.7. The second-order valence-electron chi connectivity index (χ2n) is 5.79. The Labute approximate surface area is 144 Å². The first-order valence-corrected chi connectivity index (χ1v) is 7.94. The summed E-state index contributed by atoms with van der Waals surface area (Å²) in [7, 11) is 1.65. The maximum atomic E-state index is 12.7. The maximum Gasteiger partial charge on any atom is 0.233 e. The normalized spacial score (nSPS) is 16.3. The van der Waals surface area contributed by atoms with Crippen LogP contribution in [0.25, 0.3) is 0 Å². The fourth-order valence-corrected chi connectivity index (χ4v) is 2.74. The Hall–Kier alpha value is -1.30. The molecule has 1 aromatic carbocycles. The first kappa shape index (κ1) is 19.7. The number of carbonyl (C=O) groups is 1. The van der Waals surface area contributed by atoms with Gasteiger partial charge in [0.1, 0.15) is 5.75 Å². The van der Waals surface area contributed by atoms with Gasteiger partial charge in [-0.1, -0.05) is 6.92 Å². The summed E-state index contributed by atoms with van der Waals surface area (Å²) in [6, 6.07) is 7.53. The Morgan fingerprint density at radius 3 is 2.48 bits per heavy atom. The van der Waals surface area contributed by atoms with Crippen molar-refractivity contribution in [1.82, 2.24) is 5.32 Å². The fraction of sp³-hybridized carbons (Fsp3) is 0.588. The van der Waals surface area contributed by atoms with Gasteiger partial charge in [-0.15, -0.1) is 12.4 Å². The molecule has 5 nitrogen and oxygen atoms in total. The summed E-state index contributed by atoms with van der Waals surface area (Å²) in [5, 5.41) is 6.31. The van der Waals surface area contributed by atoms with E-state index in [9.17, 15) is 4.79 Å². The lowest BCUT2D eigenvalue weighted by atomic mass is 9.78. The Morgan fingerprint density at radius 1 is 1.26 bits per heavy atom. The highest BCUT2D eigenvalue weighted by atomic mass is 35.5. The van der Waals surface area contributed by atoms with Gasteiger partial charge < -0.3 is 20.1 Å². The van der Waals surface area contributed by atoms with Gasteiger partial charge in [0.15, 0.2) is 0 Å². The van der Waals surface area contributed by atoms with E-state index in [0.29, 0.717) is 13.2 Å². The zero-order chi connectivity index (χ0) is 15.8. The van der Waals surface area contributed by atoms with Gasteiger partial charge in [0.2, 0.25) is 5.91 Å². The molecule has 130 valence electrons. The second-order valence-corrected chi connectivity index (χ2v) is 5.79. The lowest BCUT2D eigenvalue weighted by Crippen LogP contribution is -2.47. The molecule has 2 N–H and O–H groups in total. The molecule has 0 atom stereocenters. The number of hydrogen-bond donors (Lipinski definition) is 2. The molecule has 6 heteroatoms. The number of piperidine rings is 1. The van der Waals surface area contributed by atoms with E-state index in [2.05, 4.69) is 17.6 Å². The highest BCUT2D eigenvalue weighted by Crippen LogP contribution is 2.31. The van der Waals surface area contributed by atoms with Crippen LogP contribution in [-0.2, 0) is 9.53 Å². The molecule has 1 heterocycles. The third kappa shape index (κ3) is 5.37. The molecular formula is C17H27ClN2O3. The molecule has 1 saturated heterocycles. The average molecular weight is 343 g/mol. The van der Waals surface area contributed by atoms with Gasteiger partial charge in [-0.2, -0.15) is 0 Å². The van der Waals surface area contributed by atoms with E-state index in [1.54, 1.807) is 7.11 Å². The number of rotatable bonds is 7. The van der Waals surface area contributed by atoms with Gasteiger partial charge >= 0.3 is 0 Å². The number of halogens is 1. The number of anilines is 1. The van der Waals surface area contributed by atoms with Crippen LogP contribution in [0.3, 0.4) is 0 Å². The van der Waals surface area contributed by atoms with Gasteiger partial charge in [-0.25, -0.2) is 0 Å². The van der Waals surface area contributed by atoms with Gasteiger partial charge in [-0.3, -0.25) is 4.79 Å². The van der Waals surface area contributed by atoms with Crippen LogP contribution in [0.5, 0.6) is 5.75 Å². The SMILES string of the molecule is CCCOc1ccc(NC(=O)C2(COC)CCNCC2)cc1.Cl. The summed E-state index contributed by atoms with van der Waals surface area (Å²) in [5.74, 6) is 0.867. The molecule has 2 rings (SSSR count). The van der Waals surface area contributed by atoms with Crippen molar-refractivity contribution in [3.05, 3.63) is 24.3 Å². The fourth-order valence-electron chi connectivity index (χ4n) is 2.74. The van der Waals surface area contributed by atoms with Crippen molar-refractivity contribution in [1.29, 1.82) is 0 Å². The summed E-state index contributed by atoms with van der Waals surface area (Å²) in [4.78, 5) is 12.7. The molecule has 0 aliphatic carbocycles. The minimum atomic E-state index is -0.433. The van der Waals surface area contributed by atoms with Crippen LogP contribution in [0.1, 0.15) is 26.2 Å². The van der Waals surface area contributed by atoms with Crippen LogP contribution in [0.2, 0.25) is 0 Å². The van der Waals surface area contributed by atoms with Crippen molar-refractivity contribution in [3.8, 4) is 5.75 Å². The first-order chi connectivity index (χ1) is 10.7. The summed E-state index contributed by atoms with van der Waals surface area (Å²) in [6.07, 6.45) is 2.57. The summed E-state index contributed by atoms with van der Waals surface area (Å²) in [5.41, 5.74) is 0.361. The quantitative estimate of drug-likeness (QED) is 0.800. The van der Waals surface area contributed by atoms with Crippen LogP contribution in [0, 0.1) is 5.41 Å². The topological polar surface area (TPSA) is 59.6 Å². The largest absolute Gasteiger partial charge is 0.494 e. The molecule has 0 bridgehead atoms. The lowest BCUT2D eigenvalue weighted by Gasteiger charge is -2.35. The Morgan fingerprint density at radius 2 is 1.91 bits per heavy atom. The third-order valence-electron chi connectivity index (χ3n) is 4.05. The van der Waals surface area contributed by atoms with Gasteiger partial charge in [0.05, 0.1) is 18.6 Å². The minimum Gasteiger partial charge on any atom is -0.494 e. The second kappa shape index (κ2) is 9.75. The smallest absolute Gasteiger partial charge is 0.233 e. The molecule has 0 saturated carbocycles. The number of carbonyl (C=O) groups excluding carboxylic acids is 1. The van der Waals surface area contributed by atoms with Crippen molar-refractivity contribution in [3.63, 3.8) is 0 Å². The van der Waals surface area contributed by atoms with Crippen molar-refractivity contribution >= 4 is 24.0 Å². The van der Waals surface area contributed by atoms with Crippen LogP contribution in [0.4, 0.5) is 5.69 Å². The van der Waals surface area contributed by atoms with E-state index < -0.39 is 5.41 Å². The van der Waals surface area contributed by atoms with Gasteiger partial charge in [-0.05, 0) is 56.6 Å². The number of hydrogen-bond acceptors (Lipinski definition) is 4. The maximum absolute atomic E-state index is 12.7. The predicted molar refractivity (Wildman–Crippen MR) is 94.5 cm³/mol. The summed E-state index contributed by atoms with van der Waals surface area (Å²) < 4.78 is 10.8. The van der Waals surface area contributed by atoms with E-state index in [-0.39, 0.29) is 18.3 Å². The number of nitrogens with one attached hydrogen (secondary N) is 2. The Bertz CT molecular complexity index is 468. The van der Waals surface area contributed by atoms with E-state index in [1.165, 1.54) is 0 Å². The van der Waals surface area contributed by atoms with Crippen LogP contribution in [-0.4, -0.2) is 39.3 Å². The standard InChI is InChI=1S/C17H26N2O3.ClH/c1-3-12-22-15-6-4-14(5-7-15)19-16(20)17(13-21-2)8-10-18-11-9-17;/h4-7,18H,3,8-13H2,1-2H3,(H,19,20);1H. The van der Waals surface area contributed by atoms with Crippen LogP contribution >= 0.6 is 12.4 Å². The number of methoxy groups -OCH3 is 1. The van der Waals surface area contributed by atoms with Crippen LogP contribution in [0.15, 0.2) is 24.3 Å². The molecular weight excluding hydrogens is 316 g/mol. The summed E-state index contributed by atoms with van der Waals surface area (Å²) >= 11 is 0. The first-order valence-electron chi connectivity index (χ1n) is 7.94. The average Bonchev–Trinajstić information content (AvgIpc) is 2.55. The zero-order valence-electron chi connectivity index (χ0n) is 13.9. The van der Waals surface area contributed by atoms with Crippen LogP contribution < -0.4 is 15.4 Å². The highest BCUT2D eigenvalue weighted by molar-refractivity contribution is 5.95. The monoisotopic (exact) mass is 342 g/mol. The van der Waals surface area contributed by atoms with Crippen molar-refractivity contribution in [2.24, 2.45) is 5.41 Å². The van der Waals surface area contributed by atoms with E-state index in [4.69, 9.17) is 9.47 Å². The molecule has 0 radical (unpaired) electrons. The predicted octanol–water partition coefficient (Wildman–Crippen LogP) is 2.85.